The number of ether oxygens (including phenoxy) is 2. The maximum absolute atomic E-state index is 12.6. The highest BCUT2D eigenvalue weighted by molar-refractivity contribution is 5.71. The summed E-state index contributed by atoms with van der Waals surface area (Å²) in [5, 5.41) is 0. The zero-order chi connectivity index (χ0) is 19.6. The summed E-state index contributed by atoms with van der Waals surface area (Å²) in [7, 11) is 0. The molecule has 148 valence electrons. The van der Waals surface area contributed by atoms with Crippen LogP contribution in [0.1, 0.15) is 39.2 Å². The molecule has 7 heteroatoms. The zero-order valence-corrected chi connectivity index (χ0v) is 16.3. The van der Waals surface area contributed by atoms with Crippen molar-refractivity contribution in [3.8, 4) is 0 Å². The van der Waals surface area contributed by atoms with Crippen molar-refractivity contribution >= 4 is 12.2 Å². The van der Waals surface area contributed by atoms with Crippen LogP contribution in [0.2, 0.25) is 0 Å². The molecule has 2 fully saturated rings. The molecule has 1 aromatic rings. The molecule has 0 bridgehead atoms. The number of hydrogen-bond acceptors (Lipinski definition) is 5. The van der Waals surface area contributed by atoms with Crippen molar-refractivity contribution in [3.63, 3.8) is 0 Å². The van der Waals surface area contributed by atoms with Gasteiger partial charge in [-0.2, -0.15) is 0 Å². The summed E-state index contributed by atoms with van der Waals surface area (Å²) < 4.78 is 11.0. The third-order valence-corrected chi connectivity index (χ3v) is 4.95. The molecule has 3 rings (SSSR count). The average Bonchev–Trinajstić information content (AvgIpc) is 3.02. The van der Waals surface area contributed by atoms with Crippen LogP contribution in [0.3, 0.4) is 0 Å². The Labute approximate surface area is 160 Å². The smallest absolute Gasteiger partial charge is 0.410 e. The zero-order valence-electron chi connectivity index (χ0n) is 16.3. The number of likely N-dealkylation sites (tertiary alicyclic amines) is 2. The summed E-state index contributed by atoms with van der Waals surface area (Å²) in [4.78, 5) is 28.6. The lowest BCUT2D eigenvalue weighted by Gasteiger charge is -2.42. The SMILES string of the molecule is CC(C)(C)OC(=O)N1C[C@@H](N)C[C@H]2[C@@H]1CCN2C(=O)OCc1ccccc1. The fraction of sp³-hybridized carbons (Fsp3) is 0.600. The van der Waals surface area contributed by atoms with Crippen LogP contribution in [0.4, 0.5) is 9.59 Å². The van der Waals surface area contributed by atoms with Gasteiger partial charge in [-0.25, -0.2) is 9.59 Å². The van der Waals surface area contributed by atoms with Gasteiger partial charge in [0.15, 0.2) is 0 Å². The summed E-state index contributed by atoms with van der Waals surface area (Å²) in [6.07, 6.45) is 0.637. The first-order valence-electron chi connectivity index (χ1n) is 9.47. The Morgan fingerprint density at radius 3 is 2.48 bits per heavy atom. The fourth-order valence-corrected chi connectivity index (χ4v) is 3.82. The largest absolute Gasteiger partial charge is 0.445 e. The molecule has 0 aliphatic carbocycles. The highest BCUT2D eigenvalue weighted by Gasteiger charge is 2.47. The fourth-order valence-electron chi connectivity index (χ4n) is 3.82. The Bertz CT molecular complexity index is 674. The highest BCUT2D eigenvalue weighted by Crippen LogP contribution is 2.32. The number of hydrogen-bond donors (Lipinski definition) is 1. The van der Waals surface area contributed by atoms with Crippen molar-refractivity contribution in [1.82, 2.24) is 9.80 Å². The van der Waals surface area contributed by atoms with E-state index in [1.807, 2.05) is 51.1 Å². The van der Waals surface area contributed by atoms with Crippen LogP contribution in [0.25, 0.3) is 0 Å². The monoisotopic (exact) mass is 375 g/mol. The number of fused-ring (bicyclic) bond motifs is 1. The van der Waals surface area contributed by atoms with E-state index in [-0.39, 0.29) is 36.9 Å². The Morgan fingerprint density at radius 2 is 1.81 bits per heavy atom. The molecule has 0 saturated carbocycles. The van der Waals surface area contributed by atoms with Crippen LogP contribution in [0, 0.1) is 0 Å². The topological polar surface area (TPSA) is 85.1 Å². The minimum absolute atomic E-state index is 0.0797. The van der Waals surface area contributed by atoms with Gasteiger partial charge in [0.2, 0.25) is 0 Å². The first kappa shape index (κ1) is 19.5. The molecule has 3 atom stereocenters. The molecule has 2 amide bonds. The van der Waals surface area contributed by atoms with Gasteiger partial charge >= 0.3 is 12.2 Å². The van der Waals surface area contributed by atoms with Crippen molar-refractivity contribution in [1.29, 1.82) is 0 Å². The molecule has 1 aromatic carbocycles. The molecule has 2 saturated heterocycles. The third-order valence-electron chi connectivity index (χ3n) is 4.95. The molecule has 2 heterocycles. The van der Waals surface area contributed by atoms with E-state index in [1.165, 1.54) is 0 Å². The van der Waals surface area contributed by atoms with Crippen LogP contribution in [-0.4, -0.2) is 58.8 Å². The standard InChI is InChI=1S/C20H29N3O4/c1-20(2,3)27-19(25)23-12-15(21)11-17-16(23)9-10-22(17)18(24)26-13-14-7-5-4-6-8-14/h4-8,15-17H,9-13,21H2,1-3H3/t15-,16-,17-/m0/s1. The lowest BCUT2D eigenvalue weighted by Crippen LogP contribution is -2.59. The quantitative estimate of drug-likeness (QED) is 0.859. The number of nitrogens with zero attached hydrogens (tertiary/aromatic N) is 2. The summed E-state index contributed by atoms with van der Waals surface area (Å²) in [6, 6.07) is 9.17. The molecule has 0 aromatic heterocycles. The molecular formula is C20H29N3O4. The van der Waals surface area contributed by atoms with E-state index in [1.54, 1.807) is 9.80 Å². The predicted molar refractivity (Wildman–Crippen MR) is 101 cm³/mol. The normalized spacial score (nSPS) is 25.1. The molecule has 0 radical (unpaired) electrons. The average molecular weight is 375 g/mol. The second kappa shape index (κ2) is 7.76. The van der Waals surface area contributed by atoms with Gasteiger partial charge in [-0.05, 0) is 39.2 Å². The molecule has 2 aliphatic rings. The number of carbonyl (C=O) groups excluding carboxylic acids is 2. The van der Waals surface area contributed by atoms with Crippen LogP contribution >= 0.6 is 0 Å². The van der Waals surface area contributed by atoms with E-state index in [4.69, 9.17) is 15.2 Å². The van der Waals surface area contributed by atoms with Crippen LogP contribution < -0.4 is 5.73 Å². The van der Waals surface area contributed by atoms with E-state index < -0.39 is 5.60 Å². The third kappa shape index (κ3) is 4.71. The van der Waals surface area contributed by atoms with Gasteiger partial charge in [-0.15, -0.1) is 0 Å². The lowest BCUT2D eigenvalue weighted by molar-refractivity contribution is -0.000331. The molecular weight excluding hydrogens is 346 g/mol. The van der Waals surface area contributed by atoms with E-state index >= 15 is 0 Å². The second-order valence-electron chi connectivity index (χ2n) is 8.29. The molecule has 7 nitrogen and oxygen atoms in total. The number of nitrogens with two attached hydrogens (primary N) is 1. The minimum Gasteiger partial charge on any atom is -0.445 e. The minimum atomic E-state index is -0.568. The lowest BCUT2D eigenvalue weighted by atomic mass is 9.94. The van der Waals surface area contributed by atoms with Gasteiger partial charge in [0.05, 0.1) is 12.1 Å². The van der Waals surface area contributed by atoms with Crippen molar-refractivity contribution in [3.05, 3.63) is 35.9 Å². The maximum atomic E-state index is 12.6. The van der Waals surface area contributed by atoms with Gasteiger partial charge < -0.3 is 25.0 Å². The van der Waals surface area contributed by atoms with E-state index in [9.17, 15) is 9.59 Å². The van der Waals surface area contributed by atoms with Gasteiger partial charge in [0, 0.05) is 19.1 Å². The van der Waals surface area contributed by atoms with Crippen molar-refractivity contribution in [2.45, 2.75) is 63.9 Å². The van der Waals surface area contributed by atoms with Crippen LogP contribution in [0.15, 0.2) is 30.3 Å². The van der Waals surface area contributed by atoms with E-state index in [2.05, 4.69) is 0 Å². The van der Waals surface area contributed by atoms with Crippen LogP contribution in [-0.2, 0) is 16.1 Å². The molecule has 0 spiro atoms. The number of amides is 2. The van der Waals surface area contributed by atoms with Gasteiger partial charge in [-0.3, -0.25) is 0 Å². The Hall–Kier alpha value is -2.28. The van der Waals surface area contributed by atoms with Crippen molar-refractivity contribution < 1.29 is 19.1 Å². The van der Waals surface area contributed by atoms with Gasteiger partial charge in [0.25, 0.3) is 0 Å². The van der Waals surface area contributed by atoms with E-state index in [0.29, 0.717) is 25.9 Å². The van der Waals surface area contributed by atoms with Crippen LogP contribution in [0.5, 0.6) is 0 Å². The number of carbonyl (C=O) groups is 2. The van der Waals surface area contributed by atoms with Gasteiger partial charge in [0.1, 0.15) is 12.2 Å². The Morgan fingerprint density at radius 1 is 1.11 bits per heavy atom. The summed E-state index contributed by atoms with van der Waals surface area (Å²) in [5.74, 6) is 0. The molecule has 0 unspecified atom stereocenters. The summed E-state index contributed by atoms with van der Waals surface area (Å²) in [6.45, 7) is 6.75. The van der Waals surface area contributed by atoms with E-state index in [0.717, 1.165) is 5.56 Å². The Balaban J connectivity index is 1.65. The molecule has 2 aliphatic heterocycles. The van der Waals surface area contributed by atoms with Crippen molar-refractivity contribution in [2.24, 2.45) is 5.73 Å². The predicted octanol–water partition coefficient (Wildman–Crippen LogP) is 2.73. The number of benzene rings is 1. The number of rotatable bonds is 2. The van der Waals surface area contributed by atoms with Crippen molar-refractivity contribution in [2.75, 3.05) is 13.1 Å². The molecule has 27 heavy (non-hydrogen) atoms. The maximum Gasteiger partial charge on any atom is 0.410 e. The first-order valence-corrected chi connectivity index (χ1v) is 9.47. The second-order valence-corrected chi connectivity index (χ2v) is 8.29. The highest BCUT2D eigenvalue weighted by atomic mass is 16.6. The summed E-state index contributed by atoms with van der Waals surface area (Å²) in [5.41, 5.74) is 6.56. The Kier molecular flexibility index (Phi) is 5.60. The summed E-state index contributed by atoms with van der Waals surface area (Å²) >= 11 is 0. The first-order chi connectivity index (χ1) is 12.7. The molecule has 2 N–H and O–H groups in total. The van der Waals surface area contributed by atoms with Gasteiger partial charge in [-0.1, -0.05) is 30.3 Å². The number of piperidine rings is 1.